The molecule has 3 rings (SSSR count). The minimum Gasteiger partial charge on any atom is -0.102 e. The molecule has 0 saturated carbocycles. The first-order valence-corrected chi connectivity index (χ1v) is 8.12. The van der Waals surface area contributed by atoms with Crippen molar-refractivity contribution in [2.75, 3.05) is 0 Å². The van der Waals surface area contributed by atoms with Gasteiger partial charge in [0.2, 0.25) is 0 Å². The summed E-state index contributed by atoms with van der Waals surface area (Å²) in [6.45, 7) is 10.4. The van der Waals surface area contributed by atoms with Gasteiger partial charge in [-0.15, -0.1) is 6.58 Å². The Hall–Kier alpha value is -1.82. The van der Waals surface area contributed by atoms with E-state index in [0.29, 0.717) is 0 Å². The first-order chi connectivity index (χ1) is 10.3. The summed E-state index contributed by atoms with van der Waals surface area (Å²) in [6.07, 6.45) is 5.60. The minimum atomic E-state index is 0.111. The summed E-state index contributed by atoms with van der Waals surface area (Å²) in [5.41, 5.74) is 5.80. The van der Waals surface area contributed by atoms with Gasteiger partial charge in [0.25, 0.3) is 0 Å². The number of hydrogen-bond acceptors (Lipinski definition) is 0. The zero-order chi connectivity index (χ0) is 15.3. The smallest absolute Gasteiger partial charge is 0.0176 e. The molecule has 2 aromatic carbocycles. The summed E-state index contributed by atoms with van der Waals surface area (Å²) < 4.78 is 0. The molecule has 0 amide bonds. The molecule has 0 saturated heterocycles. The Bertz CT molecular complexity index is 609. The molecule has 1 aliphatic carbocycles. The predicted octanol–water partition coefficient (Wildman–Crippen LogP) is 6.16. The van der Waals surface area contributed by atoms with Crippen LogP contribution in [0.3, 0.4) is 0 Å². The molecule has 110 valence electrons. The fourth-order valence-electron chi connectivity index (χ4n) is 3.48. The fraction of sp³-hybridized carbons (Fsp3) is 0.333. The monoisotopic (exact) mass is 278 g/mol. The van der Waals surface area contributed by atoms with E-state index in [1.54, 1.807) is 0 Å². The molecule has 0 fully saturated rings. The van der Waals surface area contributed by atoms with Crippen molar-refractivity contribution >= 4 is 0 Å². The highest BCUT2D eigenvalue weighted by Crippen LogP contribution is 2.46. The highest BCUT2D eigenvalue weighted by Gasteiger charge is 2.35. The molecule has 1 unspecified atom stereocenters. The molecule has 0 nitrogen and oxygen atoms in total. The maximum atomic E-state index is 4.15. The van der Waals surface area contributed by atoms with E-state index in [0.717, 1.165) is 6.42 Å². The van der Waals surface area contributed by atoms with Crippen LogP contribution >= 0.6 is 0 Å². The molecule has 0 heteroatoms. The van der Waals surface area contributed by atoms with Crippen LogP contribution in [0.4, 0.5) is 0 Å². The van der Waals surface area contributed by atoms with Crippen molar-refractivity contribution < 1.29 is 0 Å². The van der Waals surface area contributed by atoms with Crippen molar-refractivity contribution in [1.82, 2.24) is 0 Å². The lowest BCUT2D eigenvalue weighted by molar-refractivity contribution is 0.477. The van der Waals surface area contributed by atoms with Crippen LogP contribution in [0.15, 0.2) is 61.2 Å². The van der Waals surface area contributed by atoms with Gasteiger partial charge in [0.05, 0.1) is 0 Å². The third-order valence-corrected chi connectivity index (χ3v) is 4.36. The molecule has 21 heavy (non-hydrogen) atoms. The van der Waals surface area contributed by atoms with Crippen LogP contribution in [-0.2, 0) is 11.8 Å². The van der Waals surface area contributed by atoms with Gasteiger partial charge >= 0.3 is 0 Å². The molecule has 0 spiro atoms. The van der Waals surface area contributed by atoms with Crippen LogP contribution in [0, 0.1) is 0 Å². The van der Waals surface area contributed by atoms with E-state index in [-0.39, 0.29) is 5.41 Å². The first-order valence-electron chi connectivity index (χ1n) is 8.12. The molecule has 1 atom stereocenters. The maximum absolute atomic E-state index is 4.15. The normalized spacial score (nSPS) is 18.8. The molecular weight excluding hydrogens is 252 g/mol. The third-order valence-electron chi connectivity index (χ3n) is 4.36. The van der Waals surface area contributed by atoms with Crippen molar-refractivity contribution in [3.8, 4) is 11.1 Å². The SMILES string of the molecule is C=CC1(CCC)Cc2ccccc2-c2ccccc21.CC. The molecule has 0 aromatic heterocycles. The fourth-order valence-corrected chi connectivity index (χ4v) is 3.48. The molecule has 2 aromatic rings. The Labute approximate surface area is 129 Å². The van der Waals surface area contributed by atoms with Crippen LogP contribution in [-0.4, -0.2) is 0 Å². The molecule has 0 radical (unpaired) electrons. The van der Waals surface area contributed by atoms with Gasteiger partial charge in [-0.25, -0.2) is 0 Å². The Kier molecular flexibility index (Phi) is 5.01. The first kappa shape index (κ1) is 15.6. The van der Waals surface area contributed by atoms with E-state index in [1.165, 1.54) is 35.1 Å². The Morgan fingerprint density at radius 3 is 2.29 bits per heavy atom. The van der Waals surface area contributed by atoms with Crippen molar-refractivity contribution in [3.05, 3.63) is 72.3 Å². The summed E-state index contributed by atoms with van der Waals surface area (Å²) in [5.74, 6) is 0. The highest BCUT2D eigenvalue weighted by atomic mass is 14.4. The number of allylic oxidation sites excluding steroid dienone is 1. The predicted molar refractivity (Wildman–Crippen MR) is 93.7 cm³/mol. The lowest BCUT2D eigenvalue weighted by Gasteiger charge is -2.38. The van der Waals surface area contributed by atoms with E-state index in [9.17, 15) is 0 Å². The number of benzene rings is 2. The van der Waals surface area contributed by atoms with Gasteiger partial charge in [0.1, 0.15) is 0 Å². The van der Waals surface area contributed by atoms with Crippen molar-refractivity contribution in [1.29, 1.82) is 0 Å². The van der Waals surface area contributed by atoms with Crippen molar-refractivity contribution in [2.24, 2.45) is 0 Å². The van der Waals surface area contributed by atoms with E-state index in [2.05, 4.69) is 68.1 Å². The van der Waals surface area contributed by atoms with Gasteiger partial charge in [0.15, 0.2) is 0 Å². The number of hydrogen-bond donors (Lipinski definition) is 0. The topological polar surface area (TPSA) is 0 Å². The third kappa shape index (κ3) is 2.68. The summed E-state index contributed by atoms with van der Waals surface area (Å²) >= 11 is 0. The Morgan fingerprint density at radius 1 is 1.00 bits per heavy atom. The molecule has 0 N–H and O–H groups in total. The molecular formula is C21H26. The van der Waals surface area contributed by atoms with Crippen LogP contribution in [0.1, 0.15) is 44.7 Å². The Balaban J connectivity index is 0.000000774. The van der Waals surface area contributed by atoms with E-state index in [4.69, 9.17) is 0 Å². The van der Waals surface area contributed by atoms with Gasteiger partial charge < -0.3 is 0 Å². The number of fused-ring (bicyclic) bond motifs is 3. The second-order valence-electron chi connectivity index (χ2n) is 5.49. The average molecular weight is 278 g/mol. The molecule has 1 aliphatic rings. The van der Waals surface area contributed by atoms with Gasteiger partial charge in [0, 0.05) is 5.41 Å². The largest absolute Gasteiger partial charge is 0.102 e. The standard InChI is InChI=1S/C19H20.C2H6/c1-3-13-19(4-2)14-15-9-5-6-10-16(15)17-11-7-8-12-18(17)19;1-2/h4-12H,2-3,13-14H2,1H3;1-2H3. The Morgan fingerprint density at radius 2 is 1.62 bits per heavy atom. The lowest BCUT2D eigenvalue weighted by Crippen LogP contribution is -2.30. The van der Waals surface area contributed by atoms with Crippen LogP contribution in [0.25, 0.3) is 11.1 Å². The maximum Gasteiger partial charge on any atom is 0.0176 e. The van der Waals surface area contributed by atoms with Crippen molar-refractivity contribution in [2.45, 2.75) is 45.4 Å². The molecule has 0 bridgehead atoms. The van der Waals surface area contributed by atoms with E-state index < -0.39 is 0 Å². The van der Waals surface area contributed by atoms with E-state index >= 15 is 0 Å². The zero-order valence-corrected chi connectivity index (χ0v) is 13.5. The van der Waals surface area contributed by atoms with Gasteiger partial charge in [-0.1, -0.05) is 81.8 Å². The highest BCUT2D eigenvalue weighted by molar-refractivity contribution is 5.75. The molecule has 0 aliphatic heterocycles. The van der Waals surface area contributed by atoms with Crippen LogP contribution in [0.5, 0.6) is 0 Å². The molecule has 0 heterocycles. The quantitative estimate of drug-likeness (QED) is 0.590. The van der Waals surface area contributed by atoms with Crippen molar-refractivity contribution in [3.63, 3.8) is 0 Å². The zero-order valence-electron chi connectivity index (χ0n) is 13.5. The second kappa shape index (κ2) is 6.76. The summed E-state index contributed by atoms with van der Waals surface area (Å²) in [4.78, 5) is 0. The summed E-state index contributed by atoms with van der Waals surface area (Å²) in [7, 11) is 0. The lowest BCUT2D eigenvalue weighted by atomic mass is 9.66. The minimum absolute atomic E-state index is 0.111. The van der Waals surface area contributed by atoms with Gasteiger partial charge in [-0.3, -0.25) is 0 Å². The van der Waals surface area contributed by atoms with E-state index in [1.807, 2.05) is 13.8 Å². The van der Waals surface area contributed by atoms with Gasteiger partial charge in [-0.2, -0.15) is 0 Å². The van der Waals surface area contributed by atoms with Crippen LogP contribution < -0.4 is 0 Å². The average Bonchev–Trinajstić information content (AvgIpc) is 2.57. The van der Waals surface area contributed by atoms with Crippen LogP contribution in [0.2, 0.25) is 0 Å². The number of rotatable bonds is 3. The summed E-state index contributed by atoms with van der Waals surface area (Å²) in [6, 6.07) is 17.6. The van der Waals surface area contributed by atoms with Gasteiger partial charge in [-0.05, 0) is 35.1 Å². The second-order valence-corrected chi connectivity index (χ2v) is 5.49. The summed E-state index contributed by atoms with van der Waals surface area (Å²) in [5, 5.41) is 0.